The molecule has 3 aromatic rings. The van der Waals surface area contributed by atoms with E-state index in [-0.39, 0.29) is 30.4 Å². The van der Waals surface area contributed by atoms with Crippen LogP contribution in [-0.4, -0.2) is 47.4 Å². The van der Waals surface area contributed by atoms with Gasteiger partial charge in [-0.15, -0.1) is 22.7 Å². The van der Waals surface area contributed by atoms with E-state index < -0.39 is 0 Å². The molecule has 3 heterocycles. The molecule has 5 nitrogen and oxygen atoms in total. The second kappa shape index (κ2) is 9.49. The van der Waals surface area contributed by atoms with E-state index in [0.29, 0.717) is 23.1 Å². The smallest absolute Gasteiger partial charge is 0.264 e. The Labute approximate surface area is 206 Å². The summed E-state index contributed by atoms with van der Waals surface area (Å²) in [5, 5.41) is 4.68. The predicted octanol–water partition coefficient (Wildman–Crippen LogP) is 5.58. The van der Waals surface area contributed by atoms with Crippen molar-refractivity contribution in [2.75, 3.05) is 19.7 Å². The summed E-state index contributed by atoms with van der Waals surface area (Å²) >= 11 is 9.30. The Balaban J connectivity index is 1.34. The first-order valence-electron chi connectivity index (χ1n) is 11.1. The molecule has 2 amide bonds. The third-order valence-electron chi connectivity index (χ3n) is 6.24. The Morgan fingerprint density at radius 3 is 2.76 bits per heavy atom. The molecule has 2 aromatic heterocycles. The quantitative estimate of drug-likeness (QED) is 0.425. The van der Waals surface area contributed by atoms with Gasteiger partial charge in [0.05, 0.1) is 10.9 Å². The van der Waals surface area contributed by atoms with E-state index in [0.717, 1.165) is 36.1 Å². The van der Waals surface area contributed by atoms with Crippen molar-refractivity contribution in [3.63, 3.8) is 0 Å². The van der Waals surface area contributed by atoms with Gasteiger partial charge < -0.3 is 14.5 Å². The molecule has 172 valence electrons. The summed E-state index contributed by atoms with van der Waals surface area (Å²) in [6, 6.07) is 11.4. The molecule has 0 N–H and O–H groups in total. The molecule has 0 bridgehead atoms. The van der Waals surface area contributed by atoms with Crippen LogP contribution in [0.1, 0.15) is 44.6 Å². The number of hydrogen-bond donors (Lipinski definition) is 0. The molecule has 1 aliphatic carbocycles. The van der Waals surface area contributed by atoms with Crippen molar-refractivity contribution in [2.24, 2.45) is 0 Å². The van der Waals surface area contributed by atoms with E-state index in [1.807, 2.05) is 47.5 Å². The lowest BCUT2D eigenvalue weighted by molar-refractivity contribution is -0.135. The molecule has 1 aliphatic heterocycles. The van der Waals surface area contributed by atoms with Gasteiger partial charge in [-0.2, -0.15) is 0 Å². The van der Waals surface area contributed by atoms with Gasteiger partial charge in [0, 0.05) is 22.5 Å². The van der Waals surface area contributed by atoms with Crippen LogP contribution in [-0.2, 0) is 11.2 Å². The largest absolute Gasteiger partial charge is 0.491 e. The summed E-state index contributed by atoms with van der Waals surface area (Å²) in [5.41, 5.74) is 2.10. The molecule has 1 aromatic carbocycles. The highest BCUT2D eigenvalue weighted by Gasteiger charge is 2.38. The molecular formula is C25H25ClN2O3S2. The fraction of sp³-hybridized carbons (Fsp3) is 0.360. The standard InChI is InChI=1S/C25H25ClN2O3S2/c1-16-13-18(6-7-20(16)26)31-15-21-19-9-12-33-22(19)8-10-27(21)24(29)14-28(17-4-5-17)25(30)23-3-2-11-32-23/h2-3,6-7,9,11-13,17,21H,4-5,8,10,14-15H2,1H3/t21-/m1/s1. The minimum atomic E-state index is -0.179. The van der Waals surface area contributed by atoms with E-state index in [4.69, 9.17) is 16.3 Å². The highest BCUT2D eigenvalue weighted by atomic mass is 35.5. The van der Waals surface area contributed by atoms with Crippen LogP contribution in [0.5, 0.6) is 5.75 Å². The number of ether oxygens (including phenoxy) is 1. The minimum Gasteiger partial charge on any atom is -0.491 e. The van der Waals surface area contributed by atoms with Gasteiger partial charge in [0.15, 0.2) is 0 Å². The summed E-state index contributed by atoms with van der Waals surface area (Å²) in [7, 11) is 0. The zero-order valence-corrected chi connectivity index (χ0v) is 20.7. The highest BCUT2D eigenvalue weighted by molar-refractivity contribution is 7.12. The summed E-state index contributed by atoms with van der Waals surface area (Å²) in [6.45, 7) is 3.04. The molecule has 1 saturated carbocycles. The number of nitrogens with zero attached hydrogens (tertiary/aromatic N) is 2. The van der Waals surface area contributed by atoms with Crippen LogP contribution in [0.2, 0.25) is 5.02 Å². The van der Waals surface area contributed by atoms with E-state index in [2.05, 4.69) is 11.4 Å². The molecule has 2 aliphatic rings. The normalized spacial score (nSPS) is 17.5. The SMILES string of the molecule is Cc1cc(OC[C@@H]2c3ccsc3CCN2C(=O)CN(C(=O)c2cccs2)C2CC2)ccc1Cl. The average Bonchev–Trinajstić information content (AvgIpc) is 3.29. The van der Waals surface area contributed by atoms with Crippen molar-refractivity contribution in [3.8, 4) is 5.75 Å². The fourth-order valence-corrected chi connectivity index (χ4v) is 6.01. The lowest BCUT2D eigenvalue weighted by Gasteiger charge is -2.37. The fourth-order valence-electron chi connectivity index (χ4n) is 4.29. The number of carbonyl (C=O) groups excluding carboxylic acids is 2. The van der Waals surface area contributed by atoms with Crippen molar-refractivity contribution in [2.45, 2.75) is 38.3 Å². The van der Waals surface area contributed by atoms with Crippen LogP contribution < -0.4 is 4.74 Å². The number of thiophene rings is 2. The van der Waals surface area contributed by atoms with Crippen molar-refractivity contribution in [1.29, 1.82) is 0 Å². The number of amides is 2. The molecule has 1 fully saturated rings. The third kappa shape index (κ3) is 4.81. The average molecular weight is 501 g/mol. The van der Waals surface area contributed by atoms with Crippen molar-refractivity contribution in [3.05, 3.63) is 73.1 Å². The van der Waals surface area contributed by atoms with E-state index in [1.165, 1.54) is 16.2 Å². The molecule has 5 rings (SSSR count). The van der Waals surface area contributed by atoms with Crippen LogP contribution in [0.4, 0.5) is 0 Å². The highest BCUT2D eigenvalue weighted by Crippen LogP contribution is 2.35. The summed E-state index contributed by atoms with van der Waals surface area (Å²) in [5.74, 6) is 0.669. The van der Waals surface area contributed by atoms with Gasteiger partial charge in [0.25, 0.3) is 5.91 Å². The monoisotopic (exact) mass is 500 g/mol. The first-order valence-corrected chi connectivity index (χ1v) is 13.2. The van der Waals surface area contributed by atoms with Crippen LogP contribution in [0, 0.1) is 6.92 Å². The molecule has 0 radical (unpaired) electrons. The molecule has 8 heteroatoms. The number of carbonyl (C=O) groups is 2. The van der Waals surface area contributed by atoms with Crippen molar-refractivity contribution in [1.82, 2.24) is 9.80 Å². The Morgan fingerprint density at radius 2 is 2.03 bits per heavy atom. The second-order valence-corrected chi connectivity index (χ2v) is 10.9. The van der Waals surface area contributed by atoms with E-state index >= 15 is 0 Å². The molecule has 0 saturated heterocycles. The van der Waals surface area contributed by atoms with E-state index in [1.54, 1.807) is 16.2 Å². The number of fused-ring (bicyclic) bond motifs is 1. The van der Waals surface area contributed by atoms with Crippen LogP contribution in [0.15, 0.2) is 47.2 Å². The number of benzene rings is 1. The Kier molecular flexibility index (Phi) is 6.45. The van der Waals surface area contributed by atoms with Gasteiger partial charge in [-0.3, -0.25) is 9.59 Å². The Bertz CT molecular complexity index is 1160. The Morgan fingerprint density at radius 1 is 1.18 bits per heavy atom. The summed E-state index contributed by atoms with van der Waals surface area (Å²) < 4.78 is 6.13. The number of halogens is 1. The molecule has 0 unspecified atom stereocenters. The lowest BCUT2D eigenvalue weighted by atomic mass is 10.0. The predicted molar refractivity (Wildman–Crippen MR) is 133 cm³/mol. The number of rotatable bonds is 7. The maximum absolute atomic E-state index is 13.5. The summed E-state index contributed by atoms with van der Waals surface area (Å²) in [4.78, 5) is 32.2. The van der Waals surface area contributed by atoms with Gasteiger partial charge in [0.2, 0.25) is 5.91 Å². The van der Waals surface area contributed by atoms with E-state index in [9.17, 15) is 9.59 Å². The van der Waals surface area contributed by atoms with Crippen molar-refractivity contribution < 1.29 is 14.3 Å². The number of aryl methyl sites for hydroxylation is 1. The summed E-state index contributed by atoms with van der Waals surface area (Å²) in [6.07, 6.45) is 2.75. The van der Waals surface area contributed by atoms with Gasteiger partial charge in [-0.1, -0.05) is 17.7 Å². The van der Waals surface area contributed by atoms with Crippen LogP contribution in [0.3, 0.4) is 0 Å². The van der Waals surface area contributed by atoms with Crippen molar-refractivity contribution >= 4 is 46.1 Å². The van der Waals surface area contributed by atoms with Gasteiger partial charge >= 0.3 is 0 Å². The van der Waals surface area contributed by atoms with Gasteiger partial charge in [0.1, 0.15) is 18.9 Å². The first-order chi connectivity index (χ1) is 16.0. The molecular weight excluding hydrogens is 476 g/mol. The van der Waals surface area contributed by atoms with Gasteiger partial charge in [-0.05, 0) is 78.4 Å². The zero-order chi connectivity index (χ0) is 22.9. The maximum Gasteiger partial charge on any atom is 0.264 e. The minimum absolute atomic E-state index is 0.0236. The Hall–Kier alpha value is -2.35. The van der Waals surface area contributed by atoms with Crippen LogP contribution >= 0.6 is 34.3 Å². The lowest BCUT2D eigenvalue weighted by Crippen LogP contribution is -2.48. The van der Waals surface area contributed by atoms with Crippen LogP contribution in [0.25, 0.3) is 0 Å². The second-order valence-electron chi connectivity index (χ2n) is 8.52. The first kappa shape index (κ1) is 22.4. The maximum atomic E-state index is 13.5. The number of hydrogen-bond acceptors (Lipinski definition) is 5. The molecule has 0 spiro atoms. The molecule has 33 heavy (non-hydrogen) atoms. The molecule has 1 atom stereocenters. The topological polar surface area (TPSA) is 49.9 Å². The zero-order valence-electron chi connectivity index (χ0n) is 18.3. The van der Waals surface area contributed by atoms with Gasteiger partial charge in [-0.25, -0.2) is 0 Å². The third-order valence-corrected chi connectivity index (χ3v) is 8.52.